The van der Waals surface area contributed by atoms with E-state index in [9.17, 15) is 14.7 Å². The topological polar surface area (TPSA) is 57.6 Å². The van der Waals surface area contributed by atoms with Gasteiger partial charge in [-0.1, -0.05) is 30.7 Å². The van der Waals surface area contributed by atoms with E-state index in [2.05, 4.69) is 0 Å². The predicted octanol–water partition coefficient (Wildman–Crippen LogP) is 2.75. The zero-order valence-electron chi connectivity index (χ0n) is 10.9. The van der Waals surface area contributed by atoms with Crippen molar-refractivity contribution in [2.75, 3.05) is 4.90 Å². The number of amides is 2. The molecule has 0 unspecified atom stereocenters. The van der Waals surface area contributed by atoms with Crippen molar-refractivity contribution in [2.45, 2.75) is 13.3 Å². The van der Waals surface area contributed by atoms with E-state index in [0.29, 0.717) is 11.4 Å². The van der Waals surface area contributed by atoms with Crippen LogP contribution in [0.15, 0.2) is 30.4 Å². The van der Waals surface area contributed by atoms with Crippen LogP contribution in [0.4, 0.5) is 5.69 Å². The molecule has 0 radical (unpaired) electrons. The number of anilines is 1. The number of nitrogens with zero attached hydrogens (tertiary/aromatic N) is 1. The van der Waals surface area contributed by atoms with Crippen LogP contribution in [0, 0.1) is 17.8 Å². The third kappa shape index (κ3) is 1.83. The fourth-order valence-electron chi connectivity index (χ4n) is 3.07. The molecule has 0 bridgehead atoms. The number of imide groups is 1. The Morgan fingerprint density at radius 1 is 1.30 bits per heavy atom. The highest BCUT2D eigenvalue weighted by Gasteiger charge is 2.50. The summed E-state index contributed by atoms with van der Waals surface area (Å²) in [6, 6.07) is 4.39. The SMILES string of the molecule is C[C@@H]1C=CC[C@@H]2C(=O)N(c3ccc(Cl)cc3O)C(=O)[C@H]12. The largest absolute Gasteiger partial charge is 0.506 e. The third-order valence-electron chi connectivity index (χ3n) is 4.05. The fraction of sp³-hybridized carbons (Fsp3) is 0.333. The van der Waals surface area contributed by atoms with Gasteiger partial charge in [-0.3, -0.25) is 9.59 Å². The Labute approximate surface area is 121 Å². The molecular formula is C15H14ClNO3. The van der Waals surface area contributed by atoms with Crippen LogP contribution in [0.3, 0.4) is 0 Å². The van der Waals surface area contributed by atoms with Gasteiger partial charge in [0.15, 0.2) is 0 Å². The first-order valence-electron chi connectivity index (χ1n) is 6.53. The number of benzene rings is 1. The summed E-state index contributed by atoms with van der Waals surface area (Å²) in [4.78, 5) is 26.1. The van der Waals surface area contributed by atoms with Crippen LogP contribution in [-0.2, 0) is 9.59 Å². The minimum absolute atomic E-state index is 0.0321. The van der Waals surface area contributed by atoms with E-state index in [-0.39, 0.29) is 41.0 Å². The van der Waals surface area contributed by atoms with Crippen LogP contribution in [0.25, 0.3) is 0 Å². The molecule has 1 saturated heterocycles. The summed E-state index contributed by atoms with van der Waals surface area (Å²) >= 11 is 5.78. The van der Waals surface area contributed by atoms with Gasteiger partial charge in [0.25, 0.3) is 0 Å². The quantitative estimate of drug-likeness (QED) is 0.639. The van der Waals surface area contributed by atoms with Crippen molar-refractivity contribution in [2.24, 2.45) is 17.8 Å². The molecule has 1 aromatic carbocycles. The number of phenolic OH excluding ortho intramolecular Hbond substituents is 1. The number of allylic oxidation sites excluding steroid dienone is 2. The van der Waals surface area contributed by atoms with Gasteiger partial charge in [0.2, 0.25) is 11.8 Å². The molecule has 0 saturated carbocycles. The molecule has 2 amide bonds. The number of hydrogen-bond donors (Lipinski definition) is 1. The number of hydrogen-bond acceptors (Lipinski definition) is 3. The molecule has 2 aliphatic rings. The molecule has 4 nitrogen and oxygen atoms in total. The summed E-state index contributed by atoms with van der Waals surface area (Å²) < 4.78 is 0. The van der Waals surface area contributed by atoms with E-state index < -0.39 is 0 Å². The number of fused-ring (bicyclic) bond motifs is 1. The van der Waals surface area contributed by atoms with Crippen LogP contribution in [0.2, 0.25) is 5.02 Å². The van der Waals surface area contributed by atoms with Crippen LogP contribution >= 0.6 is 11.6 Å². The molecule has 1 aliphatic carbocycles. The second kappa shape index (κ2) is 4.63. The van der Waals surface area contributed by atoms with Crippen molar-refractivity contribution < 1.29 is 14.7 Å². The second-order valence-corrected chi connectivity index (χ2v) is 5.74. The summed E-state index contributed by atoms with van der Waals surface area (Å²) in [5.74, 6) is -1.26. The predicted molar refractivity (Wildman–Crippen MR) is 75.5 cm³/mol. The summed E-state index contributed by atoms with van der Waals surface area (Å²) in [6.07, 6.45) is 4.49. The normalized spacial score (nSPS) is 28.9. The molecule has 0 spiro atoms. The van der Waals surface area contributed by atoms with Crippen molar-refractivity contribution in [3.8, 4) is 5.75 Å². The highest BCUT2D eigenvalue weighted by atomic mass is 35.5. The Bertz CT molecular complexity index is 626. The van der Waals surface area contributed by atoms with Gasteiger partial charge < -0.3 is 5.11 Å². The summed E-state index contributed by atoms with van der Waals surface area (Å²) in [6.45, 7) is 1.93. The number of rotatable bonds is 1. The first-order valence-corrected chi connectivity index (χ1v) is 6.91. The monoisotopic (exact) mass is 291 g/mol. The zero-order valence-corrected chi connectivity index (χ0v) is 11.7. The van der Waals surface area contributed by atoms with Crippen molar-refractivity contribution >= 4 is 29.1 Å². The standard InChI is InChI=1S/C15H14ClNO3/c1-8-3-2-4-10-13(8)15(20)17(14(10)19)11-6-5-9(16)7-12(11)18/h2-3,5-8,10,13,18H,4H2,1H3/t8-,10+,13-/m1/s1. The number of carbonyl (C=O) groups is 2. The maximum Gasteiger partial charge on any atom is 0.238 e. The lowest BCUT2D eigenvalue weighted by molar-refractivity contribution is -0.122. The van der Waals surface area contributed by atoms with E-state index in [4.69, 9.17) is 11.6 Å². The number of phenols is 1. The Morgan fingerprint density at radius 2 is 2.05 bits per heavy atom. The first-order chi connectivity index (χ1) is 9.50. The molecule has 0 aromatic heterocycles. The van der Waals surface area contributed by atoms with Crippen molar-refractivity contribution in [3.63, 3.8) is 0 Å². The Morgan fingerprint density at radius 3 is 2.70 bits per heavy atom. The van der Waals surface area contributed by atoms with Gasteiger partial charge in [-0.2, -0.15) is 0 Å². The minimum Gasteiger partial charge on any atom is -0.506 e. The van der Waals surface area contributed by atoms with Crippen LogP contribution in [-0.4, -0.2) is 16.9 Å². The van der Waals surface area contributed by atoms with Crippen molar-refractivity contribution in [1.82, 2.24) is 0 Å². The van der Waals surface area contributed by atoms with E-state index >= 15 is 0 Å². The Hall–Kier alpha value is -1.81. The second-order valence-electron chi connectivity index (χ2n) is 5.30. The molecule has 1 aliphatic heterocycles. The highest BCUT2D eigenvalue weighted by Crippen LogP contribution is 2.42. The lowest BCUT2D eigenvalue weighted by Gasteiger charge is -2.22. The van der Waals surface area contributed by atoms with Crippen molar-refractivity contribution in [3.05, 3.63) is 35.4 Å². The van der Waals surface area contributed by atoms with E-state index in [1.54, 1.807) is 6.07 Å². The highest BCUT2D eigenvalue weighted by molar-refractivity contribution is 6.31. The molecule has 3 atom stereocenters. The molecule has 5 heteroatoms. The van der Waals surface area contributed by atoms with E-state index in [0.717, 1.165) is 4.90 Å². The molecule has 1 N–H and O–H groups in total. The van der Waals surface area contributed by atoms with Crippen LogP contribution in [0.5, 0.6) is 5.75 Å². The number of aromatic hydroxyl groups is 1. The van der Waals surface area contributed by atoms with Gasteiger partial charge in [-0.15, -0.1) is 0 Å². The van der Waals surface area contributed by atoms with Gasteiger partial charge in [0.05, 0.1) is 17.5 Å². The van der Waals surface area contributed by atoms with E-state index in [1.807, 2.05) is 19.1 Å². The van der Waals surface area contributed by atoms with Gasteiger partial charge in [-0.05, 0) is 24.5 Å². The average Bonchev–Trinajstić information content (AvgIpc) is 2.64. The third-order valence-corrected chi connectivity index (χ3v) is 4.29. The van der Waals surface area contributed by atoms with Crippen LogP contribution in [0.1, 0.15) is 13.3 Å². The molecular weight excluding hydrogens is 278 g/mol. The summed E-state index contributed by atoms with van der Waals surface area (Å²) in [5.41, 5.74) is 0.214. The lowest BCUT2D eigenvalue weighted by atomic mass is 9.78. The molecule has 1 aromatic rings. The number of carbonyl (C=O) groups excluding carboxylic acids is 2. The fourth-order valence-corrected chi connectivity index (χ4v) is 3.24. The average molecular weight is 292 g/mol. The number of halogens is 1. The van der Waals surface area contributed by atoms with Crippen molar-refractivity contribution in [1.29, 1.82) is 0 Å². The zero-order chi connectivity index (χ0) is 14.4. The summed E-state index contributed by atoms with van der Waals surface area (Å²) in [7, 11) is 0. The maximum absolute atomic E-state index is 12.5. The van der Waals surface area contributed by atoms with Crippen LogP contribution < -0.4 is 4.90 Å². The summed E-state index contributed by atoms with van der Waals surface area (Å²) in [5, 5.41) is 10.3. The Kier molecular flexibility index (Phi) is 3.05. The molecule has 1 heterocycles. The van der Waals surface area contributed by atoms with Gasteiger partial charge >= 0.3 is 0 Å². The minimum atomic E-state index is -0.331. The molecule has 20 heavy (non-hydrogen) atoms. The maximum atomic E-state index is 12.5. The lowest BCUT2D eigenvalue weighted by Crippen LogP contribution is -2.31. The molecule has 3 rings (SSSR count). The first kappa shape index (κ1) is 13.2. The smallest absolute Gasteiger partial charge is 0.238 e. The molecule has 104 valence electrons. The van der Waals surface area contributed by atoms with Gasteiger partial charge in [0.1, 0.15) is 5.75 Å². The van der Waals surface area contributed by atoms with E-state index in [1.165, 1.54) is 12.1 Å². The van der Waals surface area contributed by atoms with Gasteiger partial charge in [0, 0.05) is 11.1 Å². The Balaban J connectivity index is 2.03. The van der Waals surface area contributed by atoms with Gasteiger partial charge in [-0.25, -0.2) is 4.90 Å². The molecule has 1 fully saturated rings.